The molecule has 4 N–H and O–H groups in total. The predicted molar refractivity (Wildman–Crippen MR) is 170 cm³/mol. The van der Waals surface area contributed by atoms with Gasteiger partial charge < -0.3 is 48.9 Å². The number of aldehydes is 1. The van der Waals surface area contributed by atoms with Gasteiger partial charge in [-0.1, -0.05) is 48.5 Å². The van der Waals surface area contributed by atoms with E-state index < -0.39 is 35.5 Å². The highest BCUT2D eigenvalue weighted by Gasteiger charge is 2.62. The molecule has 1 spiro atoms. The lowest BCUT2D eigenvalue weighted by Crippen LogP contribution is -2.56. The molecule has 3 unspecified atom stereocenters. The highest BCUT2D eigenvalue weighted by molar-refractivity contribution is 5.53. The van der Waals surface area contributed by atoms with Gasteiger partial charge in [-0.2, -0.15) is 0 Å². The molecule has 5 rings (SSSR count). The van der Waals surface area contributed by atoms with E-state index in [0.29, 0.717) is 19.4 Å². The van der Waals surface area contributed by atoms with Gasteiger partial charge in [0, 0.05) is 43.1 Å². The molecule has 266 valence electrons. The van der Waals surface area contributed by atoms with Crippen LogP contribution in [-0.2, 0) is 28.5 Å². The van der Waals surface area contributed by atoms with Crippen molar-refractivity contribution in [3.8, 4) is 0 Å². The van der Waals surface area contributed by atoms with Crippen LogP contribution < -0.4 is 0 Å². The van der Waals surface area contributed by atoms with E-state index >= 15 is 0 Å². The molecule has 0 aliphatic carbocycles. The second kappa shape index (κ2) is 13.6. The molecule has 5 aliphatic heterocycles. The third-order valence-corrected chi connectivity index (χ3v) is 13.4. The minimum absolute atomic E-state index is 0.0703. The van der Waals surface area contributed by atoms with Crippen molar-refractivity contribution in [3.05, 3.63) is 0 Å². The molecule has 0 radical (unpaired) electrons. The third kappa shape index (κ3) is 6.26. The zero-order valence-electron chi connectivity index (χ0n) is 29.4. The van der Waals surface area contributed by atoms with Crippen molar-refractivity contribution in [2.24, 2.45) is 47.3 Å². The number of aliphatic hydroxyl groups is 4. The predicted octanol–water partition coefficient (Wildman–Crippen LogP) is 3.84. The van der Waals surface area contributed by atoms with Crippen LogP contribution in [-0.4, -0.2) is 99.8 Å². The smallest absolute Gasteiger partial charge is 0.191 e. The Morgan fingerprint density at radius 1 is 1.00 bits per heavy atom. The maximum atomic E-state index is 11.6. The molecule has 17 atom stereocenters. The third-order valence-electron chi connectivity index (χ3n) is 13.4. The van der Waals surface area contributed by atoms with Crippen LogP contribution in [0.5, 0.6) is 0 Å². The van der Waals surface area contributed by atoms with Crippen LogP contribution in [0.4, 0.5) is 0 Å². The molecule has 5 saturated heterocycles. The van der Waals surface area contributed by atoms with Gasteiger partial charge in [-0.05, 0) is 62.7 Å². The molecule has 10 heteroatoms. The van der Waals surface area contributed by atoms with Gasteiger partial charge in [0.15, 0.2) is 11.6 Å². The summed E-state index contributed by atoms with van der Waals surface area (Å²) in [5.41, 5.74) is -1.11. The fourth-order valence-corrected chi connectivity index (χ4v) is 9.98. The highest BCUT2D eigenvalue weighted by atomic mass is 16.7. The zero-order chi connectivity index (χ0) is 33.8. The maximum absolute atomic E-state index is 11.6. The summed E-state index contributed by atoms with van der Waals surface area (Å²) in [7, 11) is 0. The van der Waals surface area contributed by atoms with E-state index in [1.807, 2.05) is 27.7 Å². The van der Waals surface area contributed by atoms with Gasteiger partial charge in [0.25, 0.3) is 0 Å². The Morgan fingerprint density at radius 3 is 2.35 bits per heavy atom. The van der Waals surface area contributed by atoms with E-state index in [0.717, 1.165) is 38.4 Å². The van der Waals surface area contributed by atoms with Crippen molar-refractivity contribution in [2.75, 3.05) is 19.8 Å². The summed E-state index contributed by atoms with van der Waals surface area (Å²) in [5, 5.41) is 42.3. The maximum Gasteiger partial charge on any atom is 0.191 e. The Balaban J connectivity index is 1.29. The minimum Gasteiger partial charge on any atom is -0.396 e. The summed E-state index contributed by atoms with van der Waals surface area (Å²) < 4.78 is 33.6. The van der Waals surface area contributed by atoms with E-state index in [2.05, 4.69) is 27.7 Å². The first-order valence-electron chi connectivity index (χ1n) is 18.0. The van der Waals surface area contributed by atoms with Crippen molar-refractivity contribution < 1.29 is 48.9 Å². The number of rotatable bonds is 10. The summed E-state index contributed by atoms with van der Waals surface area (Å²) >= 11 is 0. The quantitative estimate of drug-likeness (QED) is 0.257. The van der Waals surface area contributed by atoms with Crippen molar-refractivity contribution >= 4 is 6.29 Å². The lowest BCUT2D eigenvalue weighted by molar-refractivity contribution is -0.334. The number of hydrogen-bond acceptors (Lipinski definition) is 10. The fraction of sp³-hybridized carbons (Fsp3) is 0.972. The largest absolute Gasteiger partial charge is 0.396 e. The molecule has 0 amide bonds. The normalized spacial score (nSPS) is 51.7. The van der Waals surface area contributed by atoms with Crippen LogP contribution >= 0.6 is 0 Å². The lowest BCUT2D eigenvalue weighted by Gasteiger charge is -2.49. The summed E-state index contributed by atoms with van der Waals surface area (Å²) in [5.74, 6) is -3.15. The SMILES string of the molecule is CC[C@@]1([C@@H]2OCC([C@H]3OC(O)(CO)[C@H](C)CC3C)[C@@H]2C)CC[C@H]([C@]2(C)CC[C@]3(C[C@H](O)[C@@H](C)[C@@H]([C@@H](C)[C@@H](CO)[C@H](C)C=O)O3)O2)O1. The van der Waals surface area contributed by atoms with E-state index in [-0.39, 0.29) is 78.4 Å². The molecule has 5 fully saturated rings. The van der Waals surface area contributed by atoms with Crippen LogP contribution in [0.2, 0.25) is 0 Å². The topological polar surface area (TPSA) is 144 Å². The second-order valence-electron chi connectivity index (χ2n) is 16.3. The summed E-state index contributed by atoms with van der Waals surface area (Å²) in [4.78, 5) is 11.6. The average molecular weight is 655 g/mol. The second-order valence-corrected chi connectivity index (χ2v) is 16.3. The van der Waals surface area contributed by atoms with Gasteiger partial charge in [-0.25, -0.2) is 0 Å². The first-order valence-corrected chi connectivity index (χ1v) is 18.0. The van der Waals surface area contributed by atoms with Crippen molar-refractivity contribution in [2.45, 2.75) is 154 Å². The van der Waals surface area contributed by atoms with Gasteiger partial charge in [-0.3, -0.25) is 0 Å². The first kappa shape index (κ1) is 36.6. The number of carbonyl (C=O) groups excluding carboxylic acids is 1. The summed E-state index contributed by atoms with van der Waals surface area (Å²) in [6.07, 6.45) is 4.28. The van der Waals surface area contributed by atoms with Crippen LogP contribution in [0.1, 0.15) is 100 Å². The van der Waals surface area contributed by atoms with E-state index in [1.165, 1.54) is 0 Å². The molecule has 10 nitrogen and oxygen atoms in total. The average Bonchev–Trinajstić information content (AvgIpc) is 3.73. The molecule has 0 bridgehead atoms. The Kier molecular flexibility index (Phi) is 10.8. The molecule has 46 heavy (non-hydrogen) atoms. The van der Waals surface area contributed by atoms with Crippen LogP contribution in [0.15, 0.2) is 0 Å². The molecule has 5 heterocycles. The molecular formula is C36H62O10. The van der Waals surface area contributed by atoms with Crippen LogP contribution in [0, 0.1) is 47.3 Å². The lowest BCUT2D eigenvalue weighted by atomic mass is 9.73. The van der Waals surface area contributed by atoms with Gasteiger partial charge in [0.2, 0.25) is 0 Å². The van der Waals surface area contributed by atoms with Gasteiger partial charge in [0.1, 0.15) is 6.29 Å². The van der Waals surface area contributed by atoms with E-state index in [9.17, 15) is 25.2 Å². The Labute approximate surface area is 275 Å². The molecule has 5 aliphatic rings. The van der Waals surface area contributed by atoms with Crippen molar-refractivity contribution in [3.63, 3.8) is 0 Å². The Morgan fingerprint density at radius 2 is 1.72 bits per heavy atom. The molecule has 0 aromatic heterocycles. The standard InChI is InChI=1S/C36H62O10/c1-9-34(32-24(6)27(18-42-32)30-20(2)14-22(4)36(41,19-39)45-30)11-10-29(43-34)33(8)12-13-35(46-33)15-28(40)25(7)31(44-35)23(5)26(17-38)21(3)16-37/h16,20-32,38-41H,9-15,17-19H2,1-8H3/t20?,21-,22-,23+,24+,25-,26+,27?,28+,29-,30+,31-,32-,33+,34+,35-,36?/m1/s1. The number of ether oxygens (including phenoxy) is 5. The monoisotopic (exact) mass is 654 g/mol. The molecule has 0 aromatic carbocycles. The van der Waals surface area contributed by atoms with E-state index in [4.69, 9.17) is 23.7 Å². The summed E-state index contributed by atoms with van der Waals surface area (Å²) in [6, 6.07) is 0. The van der Waals surface area contributed by atoms with Crippen LogP contribution in [0.25, 0.3) is 0 Å². The minimum atomic E-state index is -1.54. The van der Waals surface area contributed by atoms with Gasteiger partial charge in [-0.15, -0.1) is 0 Å². The van der Waals surface area contributed by atoms with Crippen molar-refractivity contribution in [1.29, 1.82) is 0 Å². The molecule has 0 saturated carbocycles. The Hall–Kier alpha value is -0.690. The van der Waals surface area contributed by atoms with Gasteiger partial charge >= 0.3 is 0 Å². The van der Waals surface area contributed by atoms with Crippen molar-refractivity contribution in [1.82, 2.24) is 0 Å². The van der Waals surface area contributed by atoms with Gasteiger partial charge in [0.05, 0.1) is 54.9 Å². The zero-order valence-corrected chi connectivity index (χ0v) is 29.4. The van der Waals surface area contributed by atoms with Crippen LogP contribution in [0.3, 0.4) is 0 Å². The summed E-state index contributed by atoms with van der Waals surface area (Å²) in [6.45, 7) is 16.3. The highest BCUT2D eigenvalue weighted by Crippen LogP contribution is 2.55. The number of carbonyl (C=O) groups is 1. The number of hydrogen-bond donors (Lipinski definition) is 4. The molecule has 0 aromatic rings. The van der Waals surface area contributed by atoms with E-state index in [1.54, 1.807) is 0 Å². The Bertz CT molecular complexity index is 1060. The first-order chi connectivity index (χ1) is 21.6. The number of aliphatic hydroxyl groups excluding tert-OH is 3. The fourth-order valence-electron chi connectivity index (χ4n) is 9.98. The molecular weight excluding hydrogens is 592 g/mol.